The molecule has 0 amide bonds. The lowest BCUT2D eigenvalue weighted by atomic mass is 10.1. The molecule has 0 saturated carbocycles. The molecule has 0 radical (unpaired) electrons. The van der Waals surface area contributed by atoms with Gasteiger partial charge in [-0.25, -0.2) is 0 Å². The summed E-state index contributed by atoms with van der Waals surface area (Å²) in [5.41, 5.74) is 2.86. The third-order valence-corrected chi connectivity index (χ3v) is 4.96. The van der Waals surface area contributed by atoms with Gasteiger partial charge < -0.3 is 16.0 Å². The fraction of sp³-hybridized carbons (Fsp3) is 0.739. The number of rotatable bonds is 4. The van der Waals surface area contributed by atoms with Gasteiger partial charge in [-0.2, -0.15) is 0 Å². The van der Waals surface area contributed by atoms with E-state index in [9.17, 15) is 0 Å². The first kappa shape index (κ1) is 24.1. The number of nitrogens with one attached hydrogen (secondary N) is 3. The molecule has 27 heavy (non-hydrogen) atoms. The standard InChI is InChI=1S/C19H34N4.C4H10/c1-2-18-5-7-19(8-6-18)17-23-15-4-11-21-13-12-20-9-3-10-22-14-16-23;1-3-4-2/h5-8,20-22H,2-4,9-17H2,1H3;3-4H2,1-2H3. The van der Waals surface area contributed by atoms with Crippen LogP contribution >= 0.6 is 0 Å². The summed E-state index contributed by atoms with van der Waals surface area (Å²) in [6.45, 7) is 16.5. The molecule has 1 aromatic rings. The molecule has 1 heterocycles. The average Bonchev–Trinajstić information content (AvgIpc) is 2.71. The van der Waals surface area contributed by atoms with Gasteiger partial charge in [-0.3, -0.25) is 4.90 Å². The number of unbranched alkanes of at least 4 members (excludes halogenated alkanes) is 1. The van der Waals surface area contributed by atoms with Crippen molar-refractivity contribution in [1.29, 1.82) is 0 Å². The monoisotopic (exact) mass is 376 g/mol. The molecule has 4 heteroatoms. The lowest BCUT2D eigenvalue weighted by molar-refractivity contribution is 0.260. The molecule has 1 aliphatic heterocycles. The van der Waals surface area contributed by atoms with Crippen LogP contribution in [0.5, 0.6) is 0 Å². The minimum absolute atomic E-state index is 1.06. The van der Waals surface area contributed by atoms with Crippen molar-refractivity contribution in [3.8, 4) is 0 Å². The topological polar surface area (TPSA) is 39.3 Å². The minimum atomic E-state index is 1.06. The number of benzene rings is 1. The molecule has 156 valence electrons. The van der Waals surface area contributed by atoms with Gasteiger partial charge >= 0.3 is 0 Å². The van der Waals surface area contributed by atoms with Crippen molar-refractivity contribution in [3.05, 3.63) is 35.4 Å². The average molecular weight is 377 g/mol. The molecular formula is C23H44N4. The maximum Gasteiger partial charge on any atom is 0.0234 e. The predicted octanol–water partition coefficient (Wildman–Crippen LogP) is 3.42. The molecule has 0 unspecified atom stereocenters. The van der Waals surface area contributed by atoms with Crippen molar-refractivity contribution in [2.45, 2.75) is 59.4 Å². The maximum atomic E-state index is 3.58. The van der Waals surface area contributed by atoms with Crippen molar-refractivity contribution in [1.82, 2.24) is 20.9 Å². The Bertz CT molecular complexity index is 417. The van der Waals surface area contributed by atoms with Crippen LogP contribution in [-0.2, 0) is 13.0 Å². The lowest BCUT2D eigenvalue weighted by Crippen LogP contribution is -2.36. The largest absolute Gasteiger partial charge is 0.315 e. The second kappa shape index (κ2) is 17.2. The third kappa shape index (κ3) is 13.0. The van der Waals surface area contributed by atoms with E-state index < -0.39 is 0 Å². The summed E-state index contributed by atoms with van der Waals surface area (Å²) >= 11 is 0. The van der Waals surface area contributed by atoms with Crippen LogP contribution in [0.25, 0.3) is 0 Å². The molecule has 4 nitrogen and oxygen atoms in total. The van der Waals surface area contributed by atoms with E-state index >= 15 is 0 Å². The molecule has 0 spiro atoms. The van der Waals surface area contributed by atoms with Gasteiger partial charge in [0.15, 0.2) is 0 Å². The van der Waals surface area contributed by atoms with Gasteiger partial charge in [-0.15, -0.1) is 0 Å². The Kier molecular flexibility index (Phi) is 15.3. The molecule has 3 N–H and O–H groups in total. The predicted molar refractivity (Wildman–Crippen MR) is 120 cm³/mol. The molecule has 1 aromatic carbocycles. The van der Waals surface area contributed by atoms with Crippen LogP contribution in [0.2, 0.25) is 0 Å². The maximum absolute atomic E-state index is 3.58. The summed E-state index contributed by atoms with van der Waals surface area (Å²) in [5.74, 6) is 0. The van der Waals surface area contributed by atoms with Crippen molar-refractivity contribution < 1.29 is 0 Å². The van der Waals surface area contributed by atoms with Gasteiger partial charge in [0.05, 0.1) is 0 Å². The molecular weight excluding hydrogens is 332 g/mol. The minimum Gasteiger partial charge on any atom is -0.315 e. The van der Waals surface area contributed by atoms with E-state index in [2.05, 4.69) is 65.9 Å². The molecule has 2 rings (SSSR count). The highest BCUT2D eigenvalue weighted by atomic mass is 15.1. The third-order valence-electron chi connectivity index (χ3n) is 4.96. The molecule has 0 aliphatic carbocycles. The molecule has 1 aliphatic rings. The zero-order valence-corrected chi connectivity index (χ0v) is 18.2. The summed E-state index contributed by atoms with van der Waals surface area (Å²) < 4.78 is 0. The Labute approximate surface area is 168 Å². The van der Waals surface area contributed by atoms with E-state index in [1.165, 1.54) is 36.8 Å². The highest BCUT2D eigenvalue weighted by molar-refractivity contribution is 5.22. The van der Waals surface area contributed by atoms with Crippen LogP contribution in [0.3, 0.4) is 0 Å². The summed E-state index contributed by atoms with van der Waals surface area (Å²) in [4.78, 5) is 2.58. The van der Waals surface area contributed by atoms with Gasteiger partial charge in [0.1, 0.15) is 0 Å². The number of hydrogen-bond acceptors (Lipinski definition) is 4. The number of aryl methyl sites for hydroxylation is 1. The highest BCUT2D eigenvalue weighted by Crippen LogP contribution is 2.08. The molecule has 0 bridgehead atoms. The van der Waals surface area contributed by atoms with Crippen LogP contribution in [0.1, 0.15) is 57.6 Å². The first-order chi connectivity index (χ1) is 13.3. The highest BCUT2D eigenvalue weighted by Gasteiger charge is 2.06. The Morgan fingerprint density at radius 3 is 1.81 bits per heavy atom. The Morgan fingerprint density at radius 1 is 0.667 bits per heavy atom. The van der Waals surface area contributed by atoms with Crippen molar-refractivity contribution in [3.63, 3.8) is 0 Å². The molecule has 0 aromatic heterocycles. The van der Waals surface area contributed by atoms with Crippen LogP contribution in [-0.4, -0.2) is 57.3 Å². The van der Waals surface area contributed by atoms with Crippen molar-refractivity contribution in [2.24, 2.45) is 0 Å². The molecule has 1 fully saturated rings. The molecule has 0 atom stereocenters. The van der Waals surface area contributed by atoms with Crippen molar-refractivity contribution in [2.75, 3.05) is 52.4 Å². The van der Waals surface area contributed by atoms with Gasteiger partial charge in [0.25, 0.3) is 0 Å². The SMILES string of the molecule is CCCC.CCc1ccc(CN2CCCNCCNCCCNCC2)cc1. The van der Waals surface area contributed by atoms with Gasteiger partial charge in [-0.1, -0.05) is 57.9 Å². The fourth-order valence-electron chi connectivity index (χ4n) is 2.96. The quantitative estimate of drug-likeness (QED) is 0.753. The number of hydrogen-bond donors (Lipinski definition) is 3. The summed E-state index contributed by atoms with van der Waals surface area (Å²) in [5, 5.41) is 10.6. The second-order valence-electron chi connectivity index (χ2n) is 7.40. The first-order valence-electron chi connectivity index (χ1n) is 11.2. The second-order valence-corrected chi connectivity index (χ2v) is 7.40. The van der Waals surface area contributed by atoms with E-state index in [1.54, 1.807) is 0 Å². The normalized spacial score (nSPS) is 18.2. The lowest BCUT2D eigenvalue weighted by Gasteiger charge is -2.23. The van der Waals surface area contributed by atoms with E-state index in [4.69, 9.17) is 0 Å². The number of nitrogens with zero attached hydrogens (tertiary/aromatic N) is 1. The first-order valence-corrected chi connectivity index (χ1v) is 11.2. The van der Waals surface area contributed by atoms with Crippen LogP contribution in [0, 0.1) is 0 Å². The summed E-state index contributed by atoms with van der Waals surface area (Å²) in [6.07, 6.45) is 6.18. The summed E-state index contributed by atoms with van der Waals surface area (Å²) in [6, 6.07) is 9.13. The van der Waals surface area contributed by atoms with Crippen LogP contribution in [0.4, 0.5) is 0 Å². The van der Waals surface area contributed by atoms with E-state index in [-0.39, 0.29) is 0 Å². The van der Waals surface area contributed by atoms with Crippen LogP contribution in [0.15, 0.2) is 24.3 Å². The Hall–Kier alpha value is -0.940. The fourth-order valence-corrected chi connectivity index (χ4v) is 2.96. The zero-order chi connectivity index (χ0) is 19.6. The van der Waals surface area contributed by atoms with Crippen molar-refractivity contribution >= 4 is 0 Å². The van der Waals surface area contributed by atoms with E-state index in [1.807, 2.05) is 0 Å². The summed E-state index contributed by atoms with van der Waals surface area (Å²) in [7, 11) is 0. The zero-order valence-electron chi connectivity index (χ0n) is 18.2. The smallest absolute Gasteiger partial charge is 0.0234 e. The van der Waals surface area contributed by atoms with E-state index in [0.29, 0.717) is 0 Å². The Morgan fingerprint density at radius 2 is 1.22 bits per heavy atom. The Balaban J connectivity index is 0.000000828. The van der Waals surface area contributed by atoms with Gasteiger partial charge in [0.2, 0.25) is 0 Å². The van der Waals surface area contributed by atoms with Crippen LogP contribution < -0.4 is 16.0 Å². The van der Waals surface area contributed by atoms with E-state index in [0.717, 1.165) is 65.3 Å². The molecule has 1 saturated heterocycles. The van der Waals surface area contributed by atoms with Gasteiger partial charge in [0, 0.05) is 32.7 Å². The van der Waals surface area contributed by atoms with Gasteiger partial charge in [-0.05, 0) is 56.6 Å².